The van der Waals surface area contributed by atoms with E-state index in [0.717, 1.165) is 10.5 Å². The number of nitrogens with one attached hydrogen (secondary N) is 1. The lowest BCUT2D eigenvalue weighted by Crippen LogP contribution is -2.15. The fraction of sp³-hybridized carbons (Fsp3) is 0.150. The molecule has 0 aliphatic carbocycles. The summed E-state index contributed by atoms with van der Waals surface area (Å²) >= 11 is 1.43. The van der Waals surface area contributed by atoms with Gasteiger partial charge in [-0.1, -0.05) is 36.4 Å². The molecule has 0 unspecified atom stereocenters. The standard InChI is InChI=1S/C20H17FN4OS/c1-13-7-8-16(11-17(13)21)27-12-15-10-19(26)25-20(22-15)23-18(24-25)9-14-5-3-2-4-6-14/h2-8,10-11H,9,12H2,1H3,(H,22,23,24). The average Bonchev–Trinajstić information content (AvgIpc) is 3.06. The Hall–Kier alpha value is -2.93. The van der Waals surface area contributed by atoms with Crippen LogP contribution in [0, 0.1) is 12.7 Å². The van der Waals surface area contributed by atoms with Gasteiger partial charge >= 0.3 is 0 Å². The topological polar surface area (TPSA) is 63.0 Å². The van der Waals surface area contributed by atoms with Crippen molar-refractivity contribution in [3.8, 4) is 0 Å². The molecule has 0 fully saturated rings. The molecule has 136 valence electrons. The minimum absolute atomic E-state index is 0.211. The summed E-state index contributed by atoms with van der Waals surface area (Å²) in [5.74, 6) is 1.26. The van der Waals surface area contributed by atoms with Gasteiger partial charge in [-0.15, -0.1) is 11.8 Å². The lowest BCUT2D eigenvalue weighted by molar-refractivity contribution is 0.615. The summed E-state index contributed by atoms with van der Waals surface area (Å²) < 4.78 is 15.0. The number of halogens is 1. The molecule has 0 aliphatic heterocycles. The first-order chi connectivity index (χ1) is 13.1. The van der Waals surface area contributed by atoms with Gasteiger partial charge in [0.2, 0.25) is 0 Å². The fourth-order valence-corrected chi connectivity index (χ4v) is 3.55. The van der Waals surface area contributed by atoms with E-state index in [2.05, 4.69) is 15.1 Å². The third-order valence-corrected chi connectivity index (χ3v) is 5.20. The monoisotopic (exact) mass is 380 g/mol. The van der Waals surface area contributed by atoms with Gasteiger partial charge in [0.05, 0.1) is 5.69 Å². The molecule has 0 saturated carbocycles. The summed E-state index contributed by atoms with van der Waals surface area (Å²) in [6.45, 7) is 1.73. The maximum atomic E-state index is 13.7. The summed E-state index contributed by atoms with van der Waals surface area (Å²) in [5, 5.41) is 3.00. The number of hydrogen-bond donors (Lipinski definition) is 1. The Kier molecular flexibility index (Phi) is 4.77. The zero-order chi connectivity index (χ0) is 18.8. The minimum atomic E-state index is -0.235. The van der Waals surface area contributed by atoms with Crippen LogP contribution in [0.5, 0.6) is 0 Å². The van der Waals surface area contributed by atoms with Gasteiger partial charge in [-0.25, -0.2) is 9.37 Å². The molecule has 0 saturated heterocycles. The zero-order valence-corrected chi connectivity index (χ0v) is 15.5. The number of aromatic amines is 1. The second kappa shape index (κ2) is 7.36. The number of aryl methyl sites for hydroxylation is 1. The predicted octanol–water partition coefficient (Wildman–Crippen LogP) is 3.75. The van der Waals surface area contributed by atoms with Crippen LogP contribution in [0.1, 0.15) is 22.6 Å². The molecule has 2 heterocycles. The van der Waals surface area contributed by atoms with E-state index in [1.807, 2.05) is 36.4 Å². The normalized spacial score (nSPS) is 11.2. The highest BCUT2D eigenvalue weighted by Gasteiger charge is 2.09. The van der Waals surface area contributed by atoms with Crippen LogP contribution in [0.15, 0.2) is 64.3 Å². The first kappa shape index (κ1) is 17.5. The predicted molar refractivity (Wildman–Crippen MR) is 104 cm³/mol. The Labute approximate surface area is 159 Å². The molecule has 2 aromatic carbocycles. The van der Waals surface area contributed by atoms with Crippen LogP contribution in [-0.2, 0) is 12.2 Å². The highest BCUT2D eigenvalue weighted by atomic mass is 32.2. The van der Waals surface area contributed by atoms with E-state index in [4.69, 9.17) is 0 Å². The first-order valence-corrected chi connectivity index (χ1v) is 9.47. The molecule has 4 rings (SSSR count). The van der Waals surface area contributed by atoms with Crippen molar-refractivity contribution in [2.24, 2.45) is 0 Å². The van der Waals surface area contributed by atoms with Crippen LogP contribution < -0.4 is 5.56 Å². The highest BCUT2D eigenvalue weighted by Crippen LogP contribution is 2.23. The Morgan fingerprint density at radius 1 is 1.11 bits per heavy atom. The number of rotatable bonds is 5. The van der Waals surface area contributed by atoms with Crippen LogP contribution in [0.4, 0.5) is 4.39 Å². The largest absolute Gasteiger partial charge is 0.275 e. The highest BCUT2D eigenvalue weighted by molar-refractivity contribution is 7.98. The number of thioether (sulfide) groups is 1. The Bertz CT molecular complexity index is 1150. The SMILES string of the molecule is Cc1ccc(SCc2cc(=O)n3[nH]c(Cc4ccccc4)nc3n2)cc1F. The maximum absolute atomic E-state index is 13.7. The lowest BCUT2D eigenvalue weighted by atomic mass is 10.1. The smallest absolute Gasteiger partial charge is 0.274 e. The quantitative estimate of drug-likeness (QED) is 0.536. The third kappa shape index (κ3) is 3.93. The van der Waals surface area contributed by atoms with Crippen molar-refractivity contribution < 1.29 is 4.39 Å². The molecule has 2 aromatic heterocycles. The first-order valence-electron chi connectivity index (χ1n) is 8.49. The van der Waals surface area contributed by atoms with Crippen LogP contribution in [-0.4, -0.2) is 19.6 Å². The van der Waals surface area contributed by atoms with Gasteiger partial charge in [0.1, 0.15) is 11.6 Å². The van der Waals surface area contributed by atoms with E-state index >= 15 is 0 Å². The van der Waals surface area contributed by atoms with E-state index in [0.29, 0.717) is 35.0 Å². The summed E-state index contributed by atoms with van der Waals surface area (Å²) in [4.78, 5) is 22.1. The molecular formula is C20H17FN4OS. The molecule has 0 bridgehead atoms. The molecule has 1 N–H and O–H groups in total. The van der Waals surface area contributed by atoms with E-state index in [9.17, 15) is 9.18 Å². The van der Waals surface area contributed by atoms with Gasteiger partial charge in [-0.3, -0.25) is 9.89 Å². The van der Waals surface area contributed by atoms with Crippen molar-refractivity contribution in [2.45, 2.75) is 24.0 Å². The van der Waals surface area contributed by atoms with Gasteiger partial charge in [-0.2, -0.15) is 9.50 Å². The Balaban J connectivity index is 1.55. The molecule has 0 atom stereocenters. The molecule has 7 heteroatoms. The number of aromatic nitrogens is 4. The number of hydrogen-bond acceptors (Lipinski definition) is 4. The van der Waals surface area contributed by atoms with Gasteiger partial charge in [0.25, 0.3) is 11.3 Å². The summed E-state index contributed by atoms with van der Waals surface area (Å²) in [7, 11) is 0. The Morgan fingerprint density at radius 2 is 1.93 bits per heavy atom. The Morgan fingerprint density at radius 3 is 2.70 bits per heavy atom. The summed E-state index contributed by atoms with van der Waals surface area (Å²) in [6.07, 6.45) is 0.594. The van der Waals surface area contributed by atoms with E-state index in [1.54, 1.807) is 13.0 Å². The molecule has 5 nitrogen and oxygen atoms in total. The second-order valence-electron chi connectivity index (χ2n) is 6.25. The molecule has 27 heavy (non-hydrogen) atoms. The number of fused-ring (bicyclic) bond motifs is 1. The summed E-state index contributed by atoms with van der Waals surface area (Å²) in [5.41, 5.74) is 2.11. The van der Waals surface area contributed by atoms with Gasteiger partial charge in [-0.05, 0) is 30.2 Å². The molecule has 0 spiro atoms. The average molecular weight is 380 g/mol. The van der Waals surface area contributed by atoms with Crippen molar-refractivity contribution in [3.63, 3.8) is 0 Å². The molecular weight excluding hydrogens is 363 g/mol. The van der Waals surface area contributed by atoms with Gasteiger partial charge < -0.3 is 0 Å². The van der Waals surface area contributed by atoms with Crippen molar-refractivity contribution in [1.29, 1.82) is 0 Å². The molecule has 0 radical (unpaired) electrons. The van der Waals surface area contributed by atoms with Crippen LogP contribution in [0.3, 0.4) is 0 Å². The molecule has 4 aromatic rings. The van der Waals surface area contributed by atoms with Crippen LogP contribution >= 0.6 is 11.8 Å². The summed E-state index contributed by atoms with van der Waals surface area (Å²) in [6, 6.07) is 16.5. The fourth-order valence-electron chi connectivity index (χ4n) is 2.73. The molecule has 0 aliphatic rings. The number of benzene rings is 2. The molecule has 0 amide bonds. The van der Waals surface area contributed by atoms with Crippen molar-refractivity contribution in [3.05, 3.63) is 93.4 Å². The van der Waals surface area contributed by atoms with Crippen molar-refractivity contribution in [2.75, 3.05) is 0 Å². The number of nitrogens with zero attached hydrogens (tertiary/aromatic N) is 3. The van der Waals surface area contributed by atoms with E-state index in [-0.39, 0.29) is 11.4 Å². The van der Waals surface area contributed by atoms with E-state index in [1.165, 1.54) is 28.4 Å². The van der Waals surface area contributed by atoms with Gasteiger partial charge in [0.15, 0.2) is 0 Å². The lowest BCUT2D eigenvalue weighted by Gasteiger charge is -2.03. The van der Waals surface area contributed by atoms with Crippen LogP contribution in [0.2, 0.25) is 0 Å². The second-order valence-corrected chi connectivity index (χ2v) is 7.30. The van der Waals surface area contributed by atoms with Crippen molar-refractivity contribution >= 4 is 17.5 Å². The maximum Gasteiger partial charge on any atom is 0.274 e. The number of H-pyrrole nitrogens is 1. The minimum Gasteiger partial charge on any atom is -0.275 e. The zero-order valence-electron chi connectivity index (χ0n) is 14.6. The van der Waals surface area contributed by atoms with Crippen LogP contribution in [0.25, 0.3) is 5.78 Å². The van der Waals surface area contributed by atoms with E-state index < -0.39 is 0 Å². The van der Waals surface area contributed by atoms with Gasteiger partial charge in [0, 0.05) is 23.1 Å². The van der Waals surface area contributed by atoms with Crippen molar-refractivity contribution in [1.82, 2.24) is 19.6 Å². The third-order valence-electron chi connectivity index (χ3n) is 4.17.